The van der Waals surface area contributed by atoms with Gasteiger partial charge in [0.15, 0.2) is 0 Å². The van der Waals surface area contributed by atoms with Crippen LogP contribution in [-0.4, -0.2) is 16.5 Å². The maximum absolute atomic E-state index is 4.35. The van der Waals surface area contributed by atoms with Crippen LogP contribution in [0.15, 0.2) is 48.9 Å². The first-order valence-electron chi connectivity index (χ1n) is 6.93. The Balaban J connectivity index is 1.87. The molecule has 3 nitrogen and oxygen atoms in total. The van der Waals surface area contributed by atoms with Crippen LogP contribution in [0.25, 0.3) is 0 Å². The maximum atomic E-state index is 4.35. The van der Waals surface area contributed by atoms with Gasteiger partial charge in [-0.25, -0.2) is 9.97 Å². The topological polar surface area (TPSA) is 37.8 Å². The van der Waals surface area contributed by atoms with E-state index in [0.29, 0.717) is 6.04 Å². The molecule has 1 atom stereocenters. The van der Waals surface area contributed by atoms with E-state index in [1.807, 2.05) is 12.3 Å². The van der Waals surface area contributed by atoms with E-state index in [4.69, 9.17) is 0 Å². The van der Waals surface area contributed by atoms with Crippen molar-refractivity contribution in [2.45, 2.75) is 32.2 Å². The molecule has 0 bridgehead atoms. The molecule has 0 saturated heterocycles. The fourth-order valence-corrected chi connectivity index (χ4v) is 2.26. The molecule has 3 heteroatoms. The molecular formula is C16H21N3. The molecule has 1 unspecified atom stereocenters. The quantitative estimate of drug-likeness (QED) is 0.826. The average molecular weight is 255 g/mol. The first-order valence-corrected chi connectivity index (χ1v) is 6.93. The van der Waals surface area contributed by atoms with E-state index in [1.165, 1.54) is 5.56 Å². The molecule has 2 aromatic rings. The van der Waals surface area contributed by atoms with Crippen molar-refractivity contribution in [3.8, 4) is 0 Å². The predicted molar refractivity (Wildman–Crippen MR) is 77.8 cm³/mol. The number of aromatic nitrogens is 2. The lowest BCUT2D eigenvalue weighted by molar-refractivity contribution is 0.487. The molecule has 100 valence electrons. The second kappa shape index (κ2) is 7.64. The van der Waals surface area contributed by atoms with E-state index >= 15 is 0 Å². The normalized spacial score (nSPS) is 12.3. The Bertz CT molecular complexity index is 456. The van der Waals surface area contributed by atoms with Gasteiger partial charge in [0.1, 0.15) is 6.33 Å². The van der Waals surface area contributed by atoms with Crippen LogP contribution in [0.3, 0.4) is 0 Å². The van der Waals surface area contributed by atoms with Crippen molar-refractivity contribution < 1.29 is 0 Å². The molecule has 2 rings (SSSR count). The van der Waals surface area contributed by atoms with Crippen LogP contribution in [-0.2, 0) is 6.42 Å². The summed E-state index contributed by atoms with van der Waals surface area (Å²) >= 11 is 0. The summed E-state index contributed by atoms with van der Waals surface area (Å²) in [4.78, 5) is 8.33. The zero-order valence-corrected chi connectivity index (χ0v) is 11.4. The highest BCUT2D eigenvalue weighted by molar-refractivity contribution is 5.14. The molecule has 0 fully saturated rings. The van der Waals surface area contributed by atoms with Crippen LogP contribution in [0.5, 0.6) is 0 Å². The summed E-state index contributed by atoms with van der Waals surface area (Å²) in [5, 5.41) is 3.49. The van der Waals surface area contributed by atoms with Gasteiger partial charge in [-0.15, -0.1) is 0 Å². The summed E-state index contributed by atoms with van der Waals surface area (Å²) in [5.41, 5.74) is 2.49. The van der Waals surface area contributed by atoms with Gasteiger partial charge in [0, 0.05) is 12.2 Å². The zero-order chi connectivity index (χ0) is 13.3. The van der Waals surface area contributed by atoms with E-state index in [2.05, 4.69) is 52.5 Å². The molecule has 1 heterocycles. The largest absolute Gasteiger partial charge is 0.309 e. The van der Waals surface area contributed by atoms with Crippen LogP contribution < -0.4 is 5.32 Å². The highest BCUT2D eigenvalue weighted by atomic mass is 14.9. The van der Waals surface area contributed by atoms with Crippen LogP contribution in [0.1, 0.15) is 37.1 Å². The van der Waals surface area contributed by atoms with Crippen LogP contribution in [0.2, 0.25) is 0 Å². The van der Waals surface area contributed by atoms with Gasteiger partial charge in [-0.05, 0) is 37.4 Å². The number of rotatable bonds is 7. The molecular weight excluding hydrogens is 234 g/mol. The third kappa shape index (κ3) is 4.45. The minimum absolute atomic E-state index is 0.330. The van der Waals surface area contributed by atoms with Gasteiger partial charge < -0.3 is 5.32 Å². The molecule has 0 radical (unpaired) electrons. The van der Waals surface area contributed by atoms with Gasteiger partial charge in [-0.2, -0.15) is 0 Å². The Morgan fingerprint density at radius 1 is 1.16 bits per heavy atom. The van der Waals surface area contributed by atoms with Crippen molar-refractivity contribution in [2.24, 2.45) is 0 Å². The van der Waals surface area contributed by atoms with Gasteiger partial charge >= 0.3 is 0 Å². The fraction of sp³-hybridized carbons (Fsp3) is 0.375. The second-order valence-corrected chi connectivity index (χ2v) is 4.62. The molecule has 0 amide bonds. The van der Waals surface area contributed by atoms with Crippen LogP contribution >= 0.6 is 0 Å². The van der Waals surface area contributed by atoms with E-state index in [0.717, 1.165) is 31.5 Å². The summed E-state index contributed by atoms with van der Waals surface area (Å²) in [5.74, 6) is 0. The van der Waals surface area contributed by atoms with Crippen molar-refractivity contribution in [1.82, 2.24) is 15.3 Å². The molecule has 1 aromatic carbocycles. The molecule has 0 spiro atoms. The molecule has 0 saturated carbocycles. The standard InChI is InChI=1S/C16H21N3/c1-2-18-15(16-11-12-17-13-19-16)10-6-9-14-7-4-3-5-8-14/h3-5,7-8,11-13,15,18H,2,6,9-10H2,1H3. The first-order chi connectivity index (χ1) is 9.40. The Kier molecular flexibility index (Phi) is 5.50. The van der Waals surface area contributed by atoms with Crippen molar-refractivity contribution in [3.05, 3.63) is 60.2 Å². The van der Waals surface area contributed by atoms with Crippen LogP contribution in [0, 0.1) is 0 Å². The minimum Gasteiger partial charge on any atom is -0.309 e. The Labute approximate surface area is 115 Å². The summed E-state index contributed by atoms with van der Waals surface area (Å²) in [7, 11) is 0. The fourth-order valence-electron chi connectivity index (χ4n) is 2.26. The van der Waals surface area contributed by atoms with E-state index in [9.17, 15) is 0 Å². The van der Waals surface area contributed by atoms with Crippen LogP contribution in [0.4, 0.5) is 0 Å². The molecule has 0 aliphatic heterocycles. The first kappa shape index (κ1) is 13.7. The number of aryl methyl sites for hydroxylation is 1. The summed E-state index contributed by atoms with van der Waals surface area (Å²) in [6.45, 7) is 3.09. The second-order valence-electron chi connectivity index (χ2n) is 4.62. The van der Waals surface area contributed by atoms with Crippen molar-refractivity contribution >= 4 is 0 Å². The minimum atomic E-state index is 0.330. The molecule has 19 heavy (non-hydrogen) atoms. The van der Waals surface area contributed by atoms with Gasteiger partial charge in [0.2, 0.25) is 0 Å². The van der Waals surface area contributed by atoms with Crippen molar-refractivity contribution in [2.75, 3.05) is 6.54 Å². The maximum Gasteiger partial charge on any atom is 0.115 e. The van der Waals surface area contributed by atoms with Crippen molar-refractivity contribution in [1.29, 1.82) is 0 Å². The zero-order valence-electron chi connectivity index (χ0n) is 11.4. The Hall–Kier alpha value is -1.74. The third-order valence-corrected chi connectivity index (χ3v) is 3.21. The number of hydrogen-bond acceptors (Lipinski definition) is 3. The number of benzene rings is 1. The van der Waals surface area contributed by atoms with E-state index < -0.39 is 0 Å². The highest BCUT2D eigenvalue weighted by Gasteiger charge is 2.10. The lowest BCUT2D eigenvalue weighted by Gasteiger charge is -2.16. The predicted octanol–water partition coefficient (Wildman–Crippen LogP) is 3.15. The highest BCUT2D eigenvalue weighted by Crippen LogP contribution is 2.17. The van der Waals surface area contributed by atoms with Gasteiger partial charge in [0.25, 0.3) is 0 Å². The number of nitrogens with zero attached hydrogens (tertiary/aromatic N) is 2. The smallest absolute Gasteiger partial charge is 0.115 e. The third-order valence-electron chi connectivity index (χ3n) is 3.21. The molecule has 1 aromatic heterocycles. The Morgan fingerprint density at radius 2 is 2.00 bits per heavy atom. The van der Waals surface area contributed by atoms with Gasteiger partial charge in [0.05, 0.1) is 5.69 Å². The summed E-state index contributed by atoms with van der Waals surface area (Å²) in [6.07, 6.45) is 6.81. The lowest BCUT2D eigenvalue weighted by atomic mass is 10.0. The van der Waals surface area contributed by atoms with E-state index in [-0.39, 0.29) is 0 Å². The average Bonchev–Trinajstić information content (AvgIpc) is 2.48. The molecule has 0 aliphatic carbocycles. The van der Waals surface area contributed by atoms with Crippen molar-refractivity contribution in [3.63, 3.8) is 0 Å². The SMILES string of the molecule is CCNC(CCCc1ccccc1)c1ccncn1. The molecule has 1 N–H and O–H groups in total. The van der Waals surface area contributed by atoms with Gasteiger partial charge in [-0.3, -0.25) is 0 Å². The Morgan fingerprint density at radius 3 is 2.68 bits per heavy atom. The summed E-state index contributed by atoms with van der Waals surface area (Å²) in [6, 6.07) is 13.0. The number of hydrogen-bond donors (Lipinski definition) is 1. The monoisotopic (exact) mass is 255 g/mol. The molecule has 0 aliphatic rings. The van der Waals surface area contributed by atoms with E-state index in [1.54, 1.807) is 6.33 Å². The van der Waals surface area contributed by atoms with Gasteiger partial charge in [-0.1, -0.05) is 37.3 Å². The number of nitrogens with one attached hydrogen (secondary N) is 1. The lowest BCUT2D eigenvalue weighted by Crippen LogP contribution is -2.22. The summed E-state index contributed by atoms with van der Waals surface area (Å²) < 4.78 is 0.